The molecule has 1 atom stereocenters. The van der Waals surface area contributed by atoms with Crippen LogP contribution in [0.15, 0.2) is 18.2 Å². The van der Waals surface area contributed by atoms with Gasteiger partial charge in [0.1, 0.15) is 0 Å². The van der Waals surface area contributed by atoms with Crippen molar-refractivity contribution in [2.45, 2.75) is 32.9 Å². The van der Waals surface area contributed by atoms with Crippen LogP contribution >= 0.6 is 23.2 Å². The fourth-order valence-electron chi connectivity index (χ4n) is 2.67. The molecule has 0 aliphatic carbocycles. The highest BCUT2D eigenvalue weighted by Crippen LogP contribution is 2.22. The van der Waals surface area contributed by atoms with Crippen LogP contribution in [0.5, 0.6) is 0 Å². The Kier molecular flexibility index (Phi) is 5.52. The Morgan fingerprint density at radius 3 is 2.89 bits per heavy atom. The molecule has 0 saturated carbocycles. The number of rotatable bonds is 4. The number of halogens is 2. The van der Waals surface area contributed by atoms with Crippen molar-refractivity contribution in [1.29, 1.82) is 0 Å². The van der Waals surface area contributed by atoms with Gasteiger partial charge in [0.05, 0.1) is 0 Å². The molecule has 2 nitrogen and oxygen atoms in total. The summed E-state index contributed by atoms with van der Waals surface area (Å²) in [4.78, 5) is 2.46. The standard InChI is InChI=1S/C15H22Cl2N2/c1-11(2)7-14-10-19(6-5-18-14)9-12-8-13(16)3-4-15(12)17/h3-4,8,11,14,18H,5-7,9-10H2,1-2H3. The topological polar surface area (TPSA) is 15.3 Å². The number of hydrogen-bond acceptors (Lipinski definition) is 2. The molecular weight excluding hydrogens is 279 g/mol. The second-order valence-electron chi connectivity index (χ2n) is 5.75. The molecule has 1 aromatic rings. The van der Waals surface area contributed by atoms with Crippen molar-refractivity contribution >= 4 is 23.2 Å². The van der Waals surface area contributed by atoms with Crippen LogP contribution in [0.2, 0.25) is 10.0 Å². The molecular formula is C15H22Cl2N2. The van der Waals surface area contributed by atoms with Crippen LogP contribution in [0, 0.1) is 5.92 Å². The molecule has 1 unspecified atom stereocenters. The molecule has 4 heteroatoms. The summed E-state index contributed by atoms with van der Waals surface area (Å²) in [6.45, 7) is 8.63. The van der Waals surface area contributed by atoms with E-state index in [1.807, 2.05) is 18.2 Å². The van der Waals surface area contributed by atoms with Crippen molar-refractivity contribution in [2.24, 2.45) is 5.92 Å². The molecule has 0 bridgehead atoms. The zero-order chi connectivity index (χ0) is 13.8. The average molecular weight is 301 g/mol. The Balaban J connectivity index is 1.96. The third-order valence-corrected chi connectivity index (χ3v) is 4.10. The summed E-state index contributed by atoms with van der Waals surface area (Å²) in [6, 6.07) is 6.29. The van der Waals surface area contributed by atoms with Crippen LogP contribution in [-0.2, 0) is 6.54 Å². The molecule has 1 saturated heterocycles. The van der Waals surface area contributed by atoms with Gasteiger partial charge in [-0.1, -0.05) is 37.0 Å². The first kappa shape index (κ1) is 15.1. The van der Waals surface area contributed by atoms with E-state index in [-0.39, 0.29) is 0 Å². The van der Waals surface area contributed by atoms with Gasteiger partial charge in [0.2, 0.25) is 0 Å². The number of piperazine rings is 1. The van der Waals surface area contributed by atoms with Gasteiger partial charge in [-0.05, 0) is 36.1 Å². The van der Waals surface area contributed by atoms with E-state index in [0.29, 0.717) is 6.04 Å². The Bertz CT molecular complexity index is 421. The lowest BCUT2D eigenvalue weighted by molar-refractivity contribution is 0.180. The zero-order valence-corrected chi connectivity index (χ0v) is 13.1. The van der Waals surface area contributed by atoms with Crippen LogP contribution in [0.1, 0.15) is 25.8 Å². The fraction of sp³-hybridized carbons (Fsp3) is 0.600. The molecule has 0 amide bonds. The van der Waals surface area contributed by atoms with Crippen molar-refractivity contribution in [3.63, 3.8) is 0 Å². The predicted octanol–water partition coefficient (Wildman–Crippen LogP) is 3.81. The van der Waals surface area contributed by atoms with E-state index in [9.17, 15) is 0 Å². The van der Waals surface area contributed by atoms with E-state index in [2.05, 4.69) is 24.1 Å². The number of benzene rings is 1. The van der Waals surface area contributed by atoms with E-state index in [1.165, 1.54) is 6.42 Å². The molecule has 19 heavy (non-hydrogen) atoms. The van der Waals surface area contributed by atoms with Crippen molar-refractivity contribution < 1.29 is 0 Å². The van der Waals surface area contributed by atoms with E-state index < -0.39 is 0 Å². The minimum absolute atomic E-state index is 0.590. The molecule has 2 rings (SSSR count). The van der Waals surface area contributed by atoms with E-state index in [1.54, 1.807) is 0 Å². The lowest BCUT2D eigenvalue weighted by atomic mass is 10.0. The Hall–Kier alpha value is -0.280. The predicted molar refractivity (Wildman–Crippen MR) is 83.0 cm³/mol. The lowest BCUT2D eigenvalue weighted by Crippen LogP contribution is -2.50. The first-order chi connectivity index (χ1) is 9.04. The Labute approximate surface area is 126 Å². The van der Waals surface area contributed by atoms with E-state index in [4.69, 9.17) is 23.2 Å². The van der Waals surface area contributed by atoms with Gasteiger partial charge in [-0.15, -0.1) is 0 Å². The van der Waals surface area contributed by atoms with Gasteiger partial charge in [-0.2, -0.15) is 0 Å². The summed E-state index contributed by atoms with van der Waals surface area (Å²) >= 11 is 12.3. The summed E-state index contributed by atoms with van der Waals surface area (Å²) in [5.41, 5.74) is 1.12. The van der Waals surface area contributed by atoms with Crippen LogP contribution in [0.25, 0.3) is 0 Å². The highest BCUT2D eigenvalue weighted by atomic mass is 35.5. The third-order valence-electron chi connectivity index (χ3n) is 3.50. The van der Waals surface area contributed by atoms with Gasteiger partial charge in [-0.25, -0.2) is 0 Å². The normalized spacial score (nSPS) is 21.0. The van der Waals surface area contributed by atoms with Gasteiger partial charge in [0.15, 0.2) is 0 Å². The molecule has 0 aromatic heterocycles. The largest absolute Gasteiger partial charge is 0.311 e. The molecule has 0 radical (unpaired) electrons. The first-order valence-electron chi connectivity index (χ1n) is 6.94. The summed E-state index contributed by atoms with van der Waals surface area (Å²) in [6.07, 6.45) is 1.22. The van der Waals surface area contributed by atoms with Gasteiger partial charge in [0, 0.05) is 42.3 Å². The maximum absolute atomic E-state index is 6.24. The van der Waals surface area contributed by atoms with Crippen molar-refractivity contribution in [2.75, 3.05) is 19.6 Å². The number of nitrogens with one attached hydrogen (secondary N) is 1. The summed E-state index contributed by atoms with van der Waals surface area (Å²) in [5, 5.41) is 5.16. The maximum atomic E-state index is 6.24. The minimum atomic E-state index is 0.590. The highest BCUT2D eigenvalue weighted by Gasteiger charge is 2.20. The second-order valence-corrected chi connectivity index (χ2v) is 6.60. The van der Waals surface area contributed by atoms with Gasteiger partial charge in [-0.3, -0.25) is 4.90 Å². The number of nitrogens with zero attached hydrogens (tertiary/aromatic N) is 1. The van der Waals surface area contributed by atoms with Gasteiger partial charge in [0.25, 0.3) is 0 Å². The molecule has 106 valence electrons. The summed E-state index contributed by atoms with van der Waals surface area (Å²) < 4.78 is 0. The molecule has 1 fully saturated rings. The highest BCUT2D eigenvalue weighted by molar-refractivity contribution is 6.33. The SMILES string of the molecule is CC(C)CC1CN(Cc2cc(Cl)ccc2Cl)CCN1. The molecule has 1 aromatic carbocycles. The number of hydrogen-bond donors (Lipinski definition) is 1. The summed E-state index contributed by atoms with van der Waals surface area (Å²) in [5.74, 6) is 0.729. The van der Waals surface area contributed by atoms with E-state index >= 15 is 0 Å². The minimum Gasteiger partial charge on any atom is -0.311 e. The second kappa shape index (κ2) is 6.94. The Morgan fingerprint density at radius 1 is 1.37 bits per heavy atom. The first-order valence-corrected chi connectivity index (χ1v) is 7.70. The average Bonchev–Trinajstić information content (AvgIpc) is 2.33. The zero-order valence-electron chi connectivity index (χ0n) is 11.6. The molecule has 1 aliphatic rings. The quantitative estimate of drug-likeness (QED) is 0.909. The maximum Gasteiger partial charge on any atom is 0.0452 e. The smallest absolute Gasteiger partial charge is 0.0452 e. The molecule has 0 spiro atoms. The fourth-order valence-corrected chi connectivity index (χ4v) is 3.04. The third kappa shape index (κ3) is 4.64. The molecule has 1 N–H and O–H groups in total. The van der Waals surface area contributed by atoms with Crippen molar-refractivity contribution in [3.05, 3.63) is 33.8 Å². The van der Waals surface area contributed by atoms with Crippen molar-refractivity contribution in [1.82, 2.24) is 10.2 Å². The lowest BCUT2D eigenvalue weighted by Gasteiger charge is -2.34. The van der Waals surface area contributed by atoms with Crippen molar-refractivity contribution in [3.8, 4) is 0 Å². The van der Waals surface area contributed by atoms with Crippen LogP contribution in [-0.4, -0.2) is 30.6 Å². The molecule has 1 aliphatic heterocycles. The van der Waals surface area contributed by atoms with Gasteiger partial charge >= 0.3 is 0 Å². The van der Waals surface area contributed by atoms with E-state index in [0.717, 1.165) is 47.7 Å². The summed E-state index contributed by atoms with van der Waals surface area (Å²) in [7, 11) is 0. The Morgan fingerprint density at radius 2 is 2.16 bits per heavy atom. The van der Waals surface area contributed by atoms with Gasteiger partial charge < -0.3 is 5.32 Å². The van der Waals surface area contributed by atoms with Crippen LogP contribution in [0.3, 0.4) is 0 Å². The van der Waals surface area contributed by atoms with Crippen LogP contribution < -0.4 is 5.32 Å². The van der Waals surface area contributed by atoms with Crippen LogP contribution in [0.4, 0.5) is 0 Å². The molecule has 1 heterocycles. The monoisotopic (exact) mass is 300 g/mol.